The largest absolute Gasteiger partial charge is 0.493 e. The number of urea groups is 1. The Balaban J connectivity index is 1.36. The zero-order valence-electron chi connectivity index (χ0n) is 16.4. The Morgan fingerprint density at radius 1 is 1.17 bits per heavy atom. The maximum absolute atomic E-state index is 12.3. The molecular weight excluding hydrogens is 366 g/mol. The molecule has 1 atom stereocenters. The molecule has 152 valence electrons. The molecule has 4 rings (SSSR count). The van der Waals surface area contributed by atoms with Gasteiger partial charge in [-0.1, -0.05) is 30.3 Å². The normalized spacial score (nSPS) is 18.7. The minimum absolute atomic E-state index is 0.0393. The highest BCUT2D eigenvalue weighted by Crippen LogP contribution is 2.31. The van der Waals surface area contributed by atoms with Crippen LogP contribution in [0.25, 0.3) is 0 Å². The summed E-state index contributed by atoms with van der Waals surface area (Å²) in [4.78, 5) is 18.6. The van der Waals surface area contributed by atoms with Gasteiger partial charge in [0.15, 0.2) is 5.96 Å². The Morgan fingerprint density at radius 2 is 2.00 bits per heavy atom. The highest BCUT2D eigenvalue weighted by Gasteiger charge is 2.21. The van der Waals surface area contributed by atoms with E-state index in [0.29, 0.717) is 19.1 Å². The summed E-state index contributed by atoms with van der Waals surface area (Å²) in [5.41, 5.74) is 9.00. The second kappa shape index (κ2) is 8.86. The lowest BCUT2D eigenvalue weighted by Crippen LogP contribution is -2.37. The van der Waals surface area contributed by atoms with Gasteiger partial charge in [0.05, 0.1) is 19.2 Å². The van der Waals surface area contributed by atoms with E-state index in [1.54, 1.807) is 0 Å². The monoisotopic (exact) mass is 393 g/mol. The summed E-state index contributed by atoms with van der Waals surface area (Å²) in [5.74, 6) is 1.30. The van der Waals surface area contributed by atoms with Crippen LogP contribution in [-0.2, 0) is 6.54 Å². The molecule has 1 saturated heterocycles. The van der Waals surface area contributed by atoms with E-state index in [1.807, 2.05) is 53.4 Å². The number of rotatable bonds is 4. The Morgan fingerprint density at radius 3 is 2.86 bits per heavy atom. The number of guanidine groups is 1. The fourth-order valence-corrected chi connectivity index (χ4v) is 3.76. The Hall–Kier alpha value is -3.22. The topological polar surface area (TPSA) is 92.0 Å². The first-order chi connectivity index (χ1) is 14.2. The van der Waals surface area contributed by atoms with Gasteiger partial charge in [0.25, 0.3) is 0 Å². The first kappa shape index (κ1) is 19.1. The number of hydrogen-bond acceptors (Lipinski definition) is 3. The lowest BCUT2D eigenvalue weighted by molar-refractivity contribution is 0.222. The van der Waals surface area contributed by atoms with Crippen molar-refractivity contribution in [1.29, 1.82) is 0 Å². The molecule has 0 aliphatic carbocycles. The standard InChI is InChI=1S/C22H27N5O2/c23-21(26-19-10-13-29-20-9-2-1-8-18(19)20)24-15-16-6-5-7-17(14-16)25-22(28)27-11-3-4-12-27/h1-2,5-9,14,19H,3-4,10-13,15H2,(H,25,28)(H3,23,24,26). The molecule has 0 spiro atoms. The zero-order chi connectivity index (χ0) is 20.1. The SMILES string of the molecule is NC(=NCc1cccc(NC(=O)N2CCCC2)c1)NC1CCOc2ccccc21. The number of carbonyl (C=O) groups is 1. The number of likely N-dealkylation sites (tertiary alicyclic amines) is 1. The Kier molecular flexibility index (Phi) is 5.84. The fraction of sp³-hybridized carbons (Fsp3) is 0.364. The van der Waals surface area contributed by atoms with Gasteiger partial charge in [-0.25, -0.2) is 9.79 Å². The number of nitrogens with one attached hydrogen (secondary N) is 2. The number of carbonyl (C=O) groups excluding carboxylic acids is 1. The van der Waals surface area contributed by atoms with Crippen LogP contribution in [0.15, 0.2) is 53.5 Å². The molecule has 2 aromatic carbocycles. The van der Waals surface area contributed by atoms with Gasteiger partial charge in [0.2, 0.25) is 0 Å². The molecule has 1 unspecified atom stereocenters. The lowest BCUT2D eigenvalue weighted by Gasteiger charge is -2.26. The molecular formula is C22H27N5O2. The molecule has 7 heteroatoms. The van der Waals surface area contributed by atoms with E-state index in [4.69, 9.17) is 10.5 Å². The average molecular weight is 393 g/mol. The lowest BCUT2D eigenvalue weighted by atomic mass is 10.0. The van der Waals surface area contributed by atoms with Gasteiger partial charge in [0, 0.05) is 30.8 Å². The third-order valence-electron chi connectivity index (χ3n) is 5.28. The van der Waals surface area contributed by atoms with E-state index < -0.39 is 0 Å². The summed E-state index contributed by atoms with van der Waals surface area (Å²) in [6.45, 7) is 2.75. The maximum atomic E-state index is 12.3. The second-order valence-electron chi connectivity index (χ2n) is 7.40. The van der Waals surface area contributed by atoms with Crippen molar-refractivity contribution in [2.45, 2.75) is 31.8 Å². The van der Waals surface area contributed by atoms with E-state index in [0.717, 1.165) is 54.9 Å². The van der Waals surface area contributed by atoms with Crippen LogP contribution in [0.4, 0.5) is 10.5 Å². The number of amides is 2. The Bertz CT molecular complexity index is 892. The summed E-state index contributed by atoms with van der Waals surface area (Å²) in [6, 6.07) is 15.8. The van der Waals surface area contributed by atoms with E-state index in [9.17, 15) is 4.79 Å². The summed E-state index contributed by atoms with van der Waals surface area (Å²) >= 11 is 0. The van der Waals surface area contributed by atoms with E-state index >= 15 is 0 Å². The number of ether oxygens (including phenoxy) is 1. The van der Waals surface area contributed by atoms with E-state index in [-0.39, 0.29) is 12.1 Å². The van der Waals surface area contributed by atoms with Crippen molar-refractivity contribution in [1.82, 2.24) is 10.2 Å². The summed E-state index contributed by atoms with van der Waals surface area (Å²) in [5, 5.41) is 6.27. The molecule has 2 aliphatic rings. The van der Waals surface area contributed by atoms with Crippen molar-refractivity contribution in [3.8, 4) is 5.75 Å². The van der Waals surface area contributed by atoms with Crippen LogP contribution in [-0.4, -0.2) is 36.6 Å². The predicted octanol–water partition coefficient (Wildman–Crippen LogP) is 3.24. The first-order valence-corrected chi connectivity index (χ1v) is 10.1. The minimum Gasteiger partial charge on any atom is -0.493 e. The van der Waals surface area contributed by atoms with Gasteiger partial charge in [-0.2, -0.15) is 0 Å². The number of anilines is 1. The number of para-hydroxylation sites is 1. The Labute approximate surface area is 170 Å². The van der Waals surface area contributed by atoms with Crippen LogP contribution in [0.2, 0.25) is 0 Å². The molecule has 2 heterocycles. The van der Waals surface area contributed by atoms with Crippen LogP contribution in [0.1, 0.15) is 36.4 Å². The number of nitrogens with zero attached hydrogens (tertiary/aromatic N) is 2. The highest BCUT2D eigenvalue weighted by molar-refractivity contribution is 5.89. The fourth-order valence-electron chi connectivity index (χ4n) is 3.76. The molecule has 0 aromatic heterocycles. The third-order valence-corrected chi connectivity index (χ3v) is 5.28. The van der Waals surface area contributed by atoms with Crippen molar-refractivity contribution < 1.29 is 9.53 Å². The third kappa shape index (κ3) is 4.80. The van der Waals surface area contributed by atoms with Gasteiger partial charge in [-0.15, -0.1) is 0 Å². The van der Waals surface area contributed by atoms with Crippen molar-refractivity contribution in [2.75, 3.05) is 25.0 Å². The van der Waals surface area contributed by atoms with Crippen molar-refractivity contribution in [3.05, 3.63) is 59.7 Å². The first-order valence-electron chi connectivity index (χ1n) is 10.1. The molecule has 2 aromatic rings. The smallest absolute Gasteiger partial charge is 0.321 e. The molecule has 4 N–H and O–H groups in total. The van der Waals surface area contributed by atoms with Crippen molar-refractivity contribution in [3.63, 3.8) is 0 Å². The number of hydrogen-bond donors (Lipinski definition) is 3. The van der Waals surface area contributed by atoms with Crippen LogP contribution in [0, 0.1) is 0 Å². The van der Waals surface area contributed by atoms with Gasteiger partial charge < -0.3 is 26.0 Å². The molecule has 0 bridgehead atoms. The summed E-state index contributed by atoms with van der Waals surface area (Å²) in [7, 11) is 0. The summed E-state index contributed by atoms with van der Waals surface area (Å²) in [6.07, 6.45) is 2.99. The van der Waals surface area contributed by atoms with Crippen LogP contribution < -0.4 is 21.1 Å². The van der Waals surface area contributed by atoms with Crippen LogP contribution in [0.5, 0.6) is 5.75 Å². The highest BCUT2D eigenvalue weighted by atomic mass is 16.5. The van der Waals surface area contributed by atoms with Gasteiger partial charge in [-0.3, -0.25) is 0 Å². The van der Waals surface area contributed by atoms with E-state index in [2.05, 4.69) is 15.6 Å². The van der Waals surface area contributed by atoms with Gasteiger partial charge >= 0.3 is 6.03 Å². The average Bonchev–Trinajstić information content (AvgIpc) is 3.28. The maximum Gasteiger partial charge on any atom is 0.321 e. The summed E-state index contributed by atoms with van der Waals surface area (Å²) < 4.78 is 5.69. The predicted molar refractivity (Wildman–Crippen MR) is 114 cm³/mol. The second-order valence-corrected chi connectivity index (χ2v) is 7.40. The molecule has 2 aliphatic heterocycles. The van der Waals surface area contributed by atoms with Crippen molar-refractivity contribution >= 4 is 17.7 Å². The van der Waals surface area contributed by atoms with Gasteiger partial charge in [-0.05, 0) is 36.6 Å². The number of aliphatic imine (C=N–C) groups is 1. The number of nitrogens with two attached hydrogens (primary N) is 1. The molecule has 2 amide bonds. The molecule has 0 radical (unpaired) electrons. The van der Waals surface area contributed by atoms with Crippen LogP contribution >= 0.6 is 0 Å². The molecule has 29 heavy (non-hydrogen) atoms. The van der Waals surface area contributed by atoms with Crippen molar-refractivity contribution in [2.24, 2.45) is 10.7 Å². The zero-order valence-corrected chi connectivity index (χ0v) is 16.4. The minimum atomic E-state index is -0.0393. The molecule has 7 nitrogen and oxygen atoms in total. The molecule has 1 fully saturated rings. The van der Waals surface area contributed by atoms with E-state index in [1.165, 1.54) is 0 Å². The number of benzene rings is 2. The quantitative estimate of drug-likeness (QED) is 0.549. The van der Waals surface area contributed by atoms with Gasteiger partial charge in [0.1, 0.15) is 5.75 Å². The van der Waals surface area contributed by atoms with Crippen LogP contribution in [0.3, 0.4) is 0 Å². The number of fused-ring (bicyclic) bond motifs is 1. The molecule has 0 saturated carbocycles.